The summed E-state index contributed by atoms with van der Waals surface area (Å²) < 4.78 is 178. The molecular weight excluding hydrogens is 641 g/mol. The number of halogens is 11. The lowest BCUT2D eigenvalue weighted by Gasteiger charge is -2.31. The maximum absolute atomic E-state index is 14.1. The molecule has 9 nitrogen and oxygen atoms in total. The van der Waals surface area contributed by atoms with Gasteiger partial charge >= 0.3 is 42.1 Å². The zero-order chi connectivity index (χ0) is 34.3. The molecule has 20 heteroatoms. The molecule has 0 fully saturated rings. The lowest BCUT2D eigenvalue weighted by Crippen LogP contribution is -2.47. The maximum Gasteiger partial charge on any atom is 0.422 e. The van der Waals surface area contributed by atoms with Crippen molar-refractivity contribution in [2.45, 2.75) is 49.9 Å². The molecule has 0 aliphatic carbocycles. The summed E-state index contributed by atoms with van der Waals surface area (Å²) in [6.45, 7) is -3.95. The maximum atomic E-state index is 14.1. The fraction of sp³-hybridized carbons (Fsp3) is 0.750. The second-order valence-electron chi connectivity index (χ2n) is 9.11. The van der Waals surface area contributed by atoms with Crippen molar-refractivity contribution in [1.29, 1.82) is 0 Å². The first-order valence-electron chi connectivity index (χ1n) is 12.2. The molecule has 0 radical (unpaired) electrons. The van der Waals surface area contributed by atoms with Crippen molar-refractivity contribution < 1.29 is 91.0 Å². The number of hydrogen-bond donors (Lipinski definition) is 0. The van der Waals surface area contributed by atoms with Crippen LogP contribution in [0.2, 0.25) is 0 Å². The highest BCUT2D eigenvalue weighted by molar-refractivity contribution is 5.81. The Morgan fingerprint density at radius 2 is 1.09 bits per heavy atom. The molecule has 0 amide bonds. The van der Waals surface area contributed by atoms with Gasteiger partial charge in [-0.3, -0.25) is 0 Å². The van der Waals surface area contributed by atoms with Crippen LogP contribution in [0.15, 0.2) is 25.3 Å². The summed E-state index contributed by atoms with van der Waals surface area (Å²) in [5, 5.41) is 0. The van der Waals surface area contributed by atoms with E-state index in [0.717, 1.165) is 0 Å². The number of hydrogen-bond acceptors (Lipinski definition) is 9. The first-order chi connectivity index (χ1) is 20.1. The van der Waals surface area contributed by atoms with Crippen LogP contribution in [0.3, 0.4) is 0 Å². The topological polar surface area (TPSA) is 98.8 Å². The Bertz CT molecular complexity index is 920. The van der Waals surface area contributed by atoms with E-state index in [1.165, 1.54) is 6.92 Å². The molecule has 44 heavy (non-hydrogen) atoms. The molecule has 1 atom stereocenters. The molecule has 0 aromatic carbocycles. The lowest BCUT2D eigenvalue weighted by atomic mass is 9.94. The van der Waals surface area contributed by atoms with Crippen LogP contribution in [-0.4, -0.2) is 102 Å². The van der Waals surface area contributed by atoms with E-state index in [9.17, 15) is 57.9 Å². The van der Waals surface area contributed by atoms with Gasteiger partial charge in [-0.05, 0) is 6.42 Å². The molecule has 0 N–H and O–H groups in total. The van der Waals surface area contributed by atoms with Crippen molar-refractivity contribution in [2.75, 3.05) is 59.7 Å². The van der Waals surface area contributed by atoms with Crippen molar-refractivity contribution in [3.63, 3.8) is 0 Å². The van der Waals surface area contributed by atoms with Gasteiger partial charge in [-0.25, -0.2) is 14.0 Å². The van der Waals surface area contributed by atoms with E-state index in [1.54, 1.807) is 0 Å². The molecule has 0 heterocycles. The third-order valence-electron chi connectivity index (χ3n) is 4.98. The minimum Gasteiger partial charge on any atom is -0.456 e. The van der Waals surface area contributed by atoms with Gasteiger partial charge in [0.15, 0.2) is 20.1 Å². The molecule has 0 aliphatic rings. The summed E-state index contributed by atoms with van der Waals surface area (Å²) in [7, 11) is 0. The molecule has 0 spiro atoms. The summed E-state index contributed by atoms with van der Waals surface area (Å²) in [6.07, 6.45) is -15.9. The van der Waals surface area contributed by atoms with Crippen LogP contribution in [0.25, 0.3) is 0 Å². The van der Waals surface area contributed by atoms with E-state index < -0.39 is 120 Å². The van der Waals surface area contributed by atoms with E-state index >= 15 is 0 Å². The number of carbonyl (C=O) groups excluding carboxylic acids is 2. The molecule has 0 rings (SSSR count). The molecule has 0 aliphatic heterocycles. The fourth-order valence-corrected chi connectivity index (χ4v) is 2.56. The number of carbonyl (C=O) groups is 2. The highest BCUT2D eigenvalue weighted by Crippen LogP contribution is 2.37. The van der Waals surface area contributed by atoms with Crippen molar-refractivity contribution in [3.05, 3.63) is 25.3 Å². The van der Waals surface area contributed by atoms with Gasteiger partial charge in [-0.15, -0.1) is 0 Å². The zero-order valence-electron chi connectivity index (χ0n) is 23.2. The van der Waals surface area contributed by atoms with Crippen LogP contribution in [0.4, 0.5) is 48.3 Å². The predicted molar refractivity (Wildman–Crippen MR) is 125 cm³/mol. The van der Waals surface area contributed by atoms with Crippen LogP contribution < -0.4 is 0 Å². The second kappa shape index (κ2) is 17.8. The van der Waals surface area contributed by atoms with Crippen LogP contribution in [0, 0.1) is 5.41 Å². The lowest BCUT2D eigenvalue weighted by molar-refractivity contribution is -0.361. The van der Waals surface area contributed by atoms with Crippen molar-refractivity contribution in [3.8, 4) is 0 Å². The van der Waals surface area contributed by atoms with E-state index in [1.807, 2.05) is 0 Å². The van der Waals surface area contributed by atoms with Gasteiger partial charge in [-0.2, -0.15) is 43.9 Å². The summed E-state index contributed by atoms with van der Waals surface area (Å²) in [6, 6.07) is 0. The monoisotopic (exact) mass is 672 g/mol. The predicted octanol–water partition coefficient (Wildman–Crippen LogP) is 5.29. The molecule has 1 unspecified atom stereocenters. The quantitative estimate of drug-likeness (QED) is 0.0555. The Morgan fingerprint density at radius 1 is 0.636 bits per heavy atom. The van der Waals surface area contributed by atoms with E-state index in [0.29, 0.717) is 12.2 Å². The Balaban J connectivity index is 4.82. The SMILES string of the molecule is C=CC(=O)OCC(F)(F)C(F)(F)OCCCOCC(C)(COCF)COC(F)(F)CCOC(F)(F)C(F)(F)COC(=O)C=C. The molecule has 0 aromatic heterocycles. The smallest absolute Gasteiger partial charge is 0.422 e. The highest BCUT2D eigenvalue weighted by Gasteiger charge is 2.60. The van der Waals surface area contributed by atoms with Gasteiger partial charge in [0.25, 0.3) is 0 Å². The number of rotatable bonds is 25. The van der Waals surface area contributed by atoms with E-state index in [4.69, 9.17) is 4.74 Å². The van der Waals surface area contributed by atoms with Crippen molar-refractivity contribution in [2.24, 2.45) is 5.41 Å². The van der Waals surface area contributed by atoms with Gasteiger partial charge in [0.2, 0.25) is 0 Å². The van der Waals surface area contributed by atoms with Crippen molar-refractivity contribution >= 4 is 11.9 Å². The minimum atomic E-state index is -5.33. The number of ether oxygens (including phenoxy) is 7. The third kappa shape index (κ3) is 15.0. The van der Waals surface area contributed by atoms with Gasteiger partial charge < -0.3 is 33.2 Å². The molecule has 0 bridgehead atoms. The molecular formula is C24H31F11O9. The zero-order valence-corrected chi connectivity index (χ0v) is 23.2. The Kier molecular flexibility index (Phi) is 16.8. The van der Waals surface area contributed by atoms with Crippen LogP contribution in [-0.2, 0) is 42.7 Å². The normalized spacial score (nSPS) is 14.5. The van der Waals surface area contributed by atoms with Gasteiger partial charge in [0, 0.05) is 24.2 Å². The van der Waals surface area contributed by atoms with E-state index in [2.05, 4.69) is 41.6 Å². The third-order valence-corrected chi connectivity index (χ3v) is 4.98. The molecule has 0 aromatic rings. The first-order valence-corrected chi connectivity index (χ1v) is 12.2. The highest BCUT2D eigenvalue weighted by atomic mass is 19.3. The molecule has 0 saturated carbocycles. The summed E-state index contributed by atoms with van der Waals surface area (Å²) in [4.78, 5) is 21.6. The average Bonchev–Trinajstić information content (AvgIpc) is 2.94. The fourth-order valence-electron chi connectivity index (χ4n) is 2.56. The molecule has 0 saturated heterocycles. The van der Waals surface area contributed by atoms with Gasteiger partial charge in [0.1, 0.15) is 0 Å². The Morgan fingerprint density at radius 3 is 1.55 bits per heavy atom. The second-order valence-corrected chi connectivity index (χ2v) is 9.11. The summed E-state index contributed by atoms with van der Waals surface area (Å²) in [5.41, 5.74) is -1.59. The van der Waals surface area contributed by atoms with Gasteiger partial charge in [-0.1, -0.05) is 20.1 Å². The average molecular weight is 672 g/mol. The first kappa shape index (κ1) is 41.4. The minimum absolute atomic E-state index is 0.417. The van der Waals surface area contributed by atoms with E-state index in [-0.39, 0.29) is 0 Å². The van der Waals surface area contributed by atoms with Crippen molar-refractivity contribution in [1.82, 2.24) is 0 Å². The summed E-state index contributed by atoms with van der Waals surface area (Å²) in [5.74, 6) is -12.8. The standard InChI is InChI=1S/C24H31F11O9/c1-4-17(36)40-14-20(26,27)23(32,33)42-9-6-8-38-11-19(3,12-39-16-25)13-44-22(30,31)7-10-43-24(34,35)21(28,29)15-41-18(37)5-2/h4-5H,1-2,6-16H2,3H3. The summed E-state index contributed by atoms with van der Waals surface area (Å²) >= 11 is 0. The van der Waals surface area contributed by atoms with Crippen LogP contribution >= 0.6 is 0 Å². The van der Waals surface area contributed by atoms with Crippen LogP contribution in [0.1, 0.15) is 19.8 Å². The Hall–Kier alpha value is -2.55. The van der Waals surface area contributed by atoms with Crippen LogP contribution in [0.5, 0.6) is 0 Å². The van der Waals surface area contributed by atoms with Gasteiger partial charge in [0.05, 0.1) is 39.5 Å². The molecule has 258 valence electrons. The number of alkyl halides is 11. The largest absolute Gasteiger partial charge is 0.456 e. The Labute approximate surface area is 244 Å². The number of esters is 2.